The van der Waals surface area contributed by atoms with Crippen molar-refractivity contribution in [2.45, 2.75) is 39.2 Å². The molecule has 0 bridgehead atoms. The molecule has 3 rings (SSSR count). The molecular weight excluding hydrogens is 408 g/mol. The highest BCUT2D eigenvalue weighted by atomic mass is 16.4. The predicted molar refractivity (Wildman–Crippen MR) is 121 cm³/mol. The third kappa shape index (κ3) is 5.35. The van der Waals surface area contributed by atoms with Gasteiger partial charge in [0.1, 0.15) is 17.9 Å². The Morgan fingerprint density at radius 3 is 2.09 bits per heavy atom. The van der Waals surface area contributed by atoms with Crippen LogP contribution in [0.1, 0.15) is 38.3 Å². The van der Waals surface area contributed by atoms with E-state index in [9.17, 15) is 19.5 Å². The Hall–Kier alpha value is -3.61. The Kier molecular flexibility index (Phi) is 6.67. The molecule has 32 heavy (non-hydrogen) atoms. The summed E-state index contributed by atoms with van der Waals surface area (Å²) < 4.78 is 0. The smallest absolute Gasteiger partial charge is 0.322 e. The second kappa shape index (κ2) is 9.26. The van der Waals surface area contributed by atoms with Crippen molar-refractivity contribution in [3.05, 3.63) is 71.0 Å². The van der Waals surface area contributed by atoms with Crippen LogP contribution in [-0.4, -0.2) is 46.0 Å². The molecular formula is C25H28N2O5. The third-order valence-electron chi connectivity index (χ3n) is 5.45. The number of aliphatic hydroxyl groups is 1. The van der Waals surface area contributed by atoms with Crippen molar-refractivity contribution in [1.29, 1.82) is 0 Å². The van der Waals surface area contributed by atoms with Crippen molar-refractivity contribution < 1.29 is 24.6 Å². The largest absolute Gasteiger partial charge is 0.511 e. The molecule has 0 atom stereocenters. The minimum absolute atomic E-state index is 0.0929. The van der Waals surface area contributed by atoms with Gasteiger partial charge in [-0.15, -0.1) is 0 Å². The number of amides is 2. The van der Waals surface area contributed by atoms with Gasteiger partial charge >= 0.3 is 5.97 Å². The Morgan fingerprint density at radius 1 is 1.00 bits per heavy atom. The molecule has 7 nitrogen and oxygen atoms in total. The highest BCUT2D eigenvalue weighted by Gasteiger charge is 2.32. The lowest BCUT2D eigenvalue weighted by atomic mass is 9.86. The molecule has 7 heteroatoms. The van der Waals surface area contributed by atoms with Gasteiger partial charge < -0.3 is 20.4 Å². The Balaban J connectivity index is 1.69. The molecule has 2 aromatic rings. The molecule has 0 unspecified atom stereocenters. The van der Waals surface area contributed by atoms with E-state index in [1.807, 2.05) is 24.3 Å². The lowest BCUT2D eigenvalue weighted by Gasteiger charge is -2.28. The first-order valence-corrected chi connectivity index (χ1v) is 10.5. The van der Waals surface area contributed by atoms with Crippen LogP contribution >= 0.6 is 0 Å². The van der Waals surface area contributed by atoms with E-state index in [0.29, 0.717) is 0 Å². The highest BCUT2D eigenvalue weighted by Crippen LogP contribution is 2.27. The molecule has 0 saturated carbocycles. The van der Waals surface area contributed by atoms with Gasteiger partial charge in [-0.25, -0.2) is 0 Å². The maximum Gasteiger partial charge on any atom is 0.322 e. The van der Waals surface area contributed by atoms with Crippen LogP contribution in [0, 0.1) is 0 Å². The number of nitrogens with one attached hydrogen (secondary N) is 1. The van der Waals surface area contributed by atoms with Crippen molar-refractivity contribution in [2.75, 3.05) is 13.1 Å². The summed E-state index contributed by atoms with van der Waals surface area (Å²) in [5.41, 5.74) is 4.01. The van der Waals surface area contributed by atoms with E-state index in [-0.39, 0.29) is 30.7 Å². The van der Waals surface area contributed by atoms with Crippen LogP contribution in [0.15, 0.2) is 59.9 Å². The normalized spacial score (nSPS) is 14.5. The van der Waals surface area contributed by atoms with E-state index in [0.717, 1.165) is 16.7 Å². The number of aliphatic carboxylic acids is 1. The molecule has 168 valence electrons. The van der Waals surface area contributed by atoms with Crippen LogP contribution in [-0.2, 0) is 26.3 Å². The van der Waals surface area contributed by atoms with Crippen molar-refractivity contribution in [1.82, 2.24) is 10.2 Å². The summed E-state index contributed by atoms with van der Waals surface area (Å²) in [4.78, 5) is 37.0. The van der Waals surface area contributed by atoms with Gasteiger partial charge in [0.05, 0.1) is 0 Å². The molecule has 3 N–H and O–H groups in total. The average molecular weight is 437 g/mol. The standard InChI is InChI=1S/C25H28N2O5/c1-25(2,3)19-10-8-18(9-11-19)17-6-4-16(5-7-17)15-27-13-12-20(28)22(24(27)32)23(31)26-14-21(29)30/h4-11,28H,12-15H2,1-3H3,(H,26,31)(H,29,30). The molecule has 1 aliphatic rings. The molecule has 0 aromatic heterocycles. The summed E-state index contributed by atoms with van der Waals surface area (Å²) in [5.74, 6) is -3.04. The maximum atomic E-state index is 12.7. The summed E-state index contributed by atoms with van der Waals surface area (Å²) in [6, 6.07) is 16.3. The van der Waals surface area contributed by atoms with E-state index in [1.54, 1.807) is 0 Å². The quantitative estimate of drug-likeness (QED) is 0.602. The monoisotopic (exact) mass is 436 g/mol. The van der Waals surface area contributed by atoms with Crippen LogP contribution in [0.4, 0.5) is 0 Å². The number of aliphatic hydroxyl groups excluding tert-OH is 1. The first-order chi connectivity index (χ1) is 15.1. The topological polar surface area (TPSA) is 107 Å². The van der Waals surface area contributed by atoms with E-state index >= 15 is 0 Å². The van der Waals surface area contributed by atoms with Gasteiger partial charge in [0, 0.05) is 19.5 Å². The number of carbonyl (C=O) groups is 3. The lowest BCUT2D eigenvalue weighted by Crippen LogP contribution is -2.43. The first kappa shape index (κ1) is 23.1. The summed E-state index contributed by atoms with van der Waals surface area (Å²) in [5, 5.41) is 20.9. The minimum atomic E-state index is -1.23. The van der Waals surface area contributed by atoms with Gasteiger partial charge in [-0.1, -0.05) is 69.3 Å². The van der Waals surface area contributed by atoms with Crippen LogP contribution in [0.2, 0.25) is 0 Å². The van der Waals surface area contributed by atoms with Gasteiger partial charge in [-0.05, 0) is 27.7 Å². The summed E-state index contributed by atoms with van der Waals surface area (Å²) in [6.07, 6.45) is 0.139. The van der Waals surface area contributed by atoms with Crippen LogP contribution in [0.3, 0.4) is 0 Å². The average Bonchev–Trinajstić information content (AvgIpc) is 2.74. The zero-order valence-corrected chi connectivity index (χ0v) is 18.5. The van der Waals surface area contributed by atoms with Gasteiger partial charge in [-0.3, -0.25) is 14.4 Å². The van der Waals surface area contributed by atoms with Gasteiger partial charge in [0.25, 0.3) is 11.8 Å². The molecule has 0 saturated heterocycles. The number of benzene rings is 2. The first-order valence-electron chi connectivity index (χ1n) is 10.5. The van der Waals surface area contributed by atoms with Crippen LogP contribution in [0.25, 0.3) is 11.1 Å². The number of hydrogen-bond donors (Lipinski definition) is 3. The number of hydrogen-bond acceptors (Lipinski definition) is 4. The molecule has 1 aliphatic heterocycles. The number of carbonyl (C=O) groups excluding carboxylic acids is 2. The van der Waals surface area contributed by atoms with Crippen molar-refractivity contribution in [3.63, 3.8) is 0 Å². The van der Waals surface area contributed by atoms with Crippen molar-refractivity contribution >= 4 is 17.8 Å². The molecule has 0 radical (unpaired) electrons. The lowest BCUT2D eigenvalue weighted by molar-refractivity contribution is -0.138. The number of rotatable bonds is 6. The third-order valence-corrected chi connectivity index (χ3v) is 5.45. The minimum Gasteiger partial charge on any atom is -0.511 e. The summed E-state index contributed by atoms with van der Waals surface area (Å²) >= 11 is 0. The number of nitrogens with zero attached hydrogens (tertiary/aromatic N) is 1. The summed E-state index contributed by atoms with van der Waals surface area (Å²) in [6.45, 7) is 6.46. The maximum absolute atomic E-state index is 12.7. The molecule has 0 aliphatic carbocycles. The summed E-state index contributed by atoms with van der Waals surface area (Å²) in [7, 11) is 0. The zero-order chi connectivity index (χ0) is 23.5. The number of carboxylic acid groups (broad SMARTS) is 1. The van der Waals surface area contributed by atoms with Gasteiger partial charge in [-0.2, -0.15) is 0 Å². The van der Waals surface area contributed by atoms with E-state index in [2.05, 4.69) is 50.4 Å². The molecule has 1 heterocycles. The fourth-order valence-corrected chi connectivity index (χ4v) is 3.56. The van der Waals surface area contributed by atoms with Gasteiger partial charge in [0.15, 0.2) is 0 Å². The molecule has 2 amide bonds. The Labute approximate surface area is 187 Å². The molecule has 2 aromatic carbocycles. The zero-order valence-electron chi connectivity index (χ0n) is 18.5. The SMILES string of the molecule is CC(C)(C)c1ccc(-c2ccc(CN3CCC(O)=C(C(=O)NCC(=O)O)C3=O)cc2)cc1. The van der Waals surface area contributed by atoms with E-state index < -0.39 is 29.9 Å². The fourth-order valence-electron chi connectivity index (χ4n) is 3.56. The van der Waals surface area contributed by atoms with Gasteiger partial charge in [0.2, 0.25) is 0 Å². The Bertz CT molecular complexity index is 1050. The second-order valence-electron chi connectivity index (χ2n) is 8.90. The second-order valence-corrected chi connectivity index (χ2v) is 8.90. The van der Waals surface area contributed by atoms with Crippen molar-refractivity contribution in [3.8, 4) is 11.1 Å². The van der Waals surface area contributed by atoms with Crippen LogP contribution in [0.5, 0.6) is 0 Å². The molecule has 0 fully saturated rings. The van der Waals surface area contributed by atoms with E-state index in [1.165, 1.54) is 10.5 Å². The fraction of sp³-hybridized carbons (Fsp3) is 0.320. The molecule has 0 spiro atoms. The highest BCUT2D eigenvalue weighted by molar-refractivity contribution is 6.19. The van der Waals surface area contributed by atoms with E-state index in [4.69, 9.17) is 5.11 Å². The number of carboxylic acids is 1. The van der Waals surface area contributed by atoms with Crippen LogP contribution < -0.4 is 5.32 Å². The van der Waals surface area contributed by atoms with Crippen molar-refractivity contribution in [2.24, 2.45) is 0 Å². The Morgan fingerprint density at radius 2 is 1.56 bits per heavy atom. The predicted octanol–water partition coefficient (Wildman–Crippen LogP) is 3.40.